The molecule has 2 aromatic carbocycles. The van der Waals surface area contributed by atoms with E-state index >= 15 is 0 Å². The van der Waals surface area contributed by atoms with Crippen molar-refractivity contribution in [1.29, 1.82) is 0 Å². The van der Waals surface area contributed by atoms with Gasteiger partial charge in [0.05, 0.1) is 22.5 Å². The zero-order valence-corrected chi connectivity index (χ0v) is 19.9. The van der Waals surface area contributed by atoms with Crippen molar-refractivity contribution in [2.24, 2.45) is 29.6 Å². The lowest BCUT2D eigenvalue weighted by atomic mass is 9.68. The Balaban J connectivity index is 1.34. The monoisotopic (exact) mass is 490 g/mol. The first kappa shape index (κ1) is 20.5. The molecule has 6 nitrogen and oxygen atoms in total. The van der Waals surface area contributed by atoms with E-state index in [1.54, 1.807) is 23.9 Å². The van der Waals surface area contributed by atoms with Crippen LogP contribution in [0.4, 0.5) is 5.69 Å². The minimum absolute atomic E-state index is 0.0364. The second-order valence-electron chi connectivity index (χ2n) is 9.87. The number of phenolic OH excluding ortho intramolecular Hbond substituents is 1. The van der Waals surface area contributed by atoms with Gasteiger partial charge in [0.1, 0.15) is 5.75 Å². The van der Waals surface area contributed by atoms with Gasteiger partial charge in [-0.3, -0.25) is 19.3 Å². The van der Waals surface area contributed by atoms with Gasteiger partial charge >= 0.3 is 4.87 Å². The van der Waals surface area contributed by atoms with Crippen LogP contribution in [0.5, 0.6) is 5.75 Å². The van der Waals surface area contributed by atoms with E-state index in [-0.39, 0.29) is 63.2 Å². The van der Waals surface area contributed by atoms with Gasteiger partial charge in [-0.1, -0.05) is 47.2 Å². The maximum absolute atomic E-state index is 13.7. The number of aryl methyl sites for hydroxylation is 1. The van der Waals surface area contributed by atoms with Crippen molar-refractivity contribution in [3.05, 3.63) is 74.2 Å². The van der Waals surface area contributed by atoms with Crippen LogP contribution in [0.3, 0.4) is 0 Å². The number of aromatic hydroxyl groups is 1. The number of hydrogen-bond acceptors (Lipinski definition) is 6. The van der Waals surface area contributed by atoms with Crippen LogP contribution in [0.15, 0.2) is 58.4 Å². The van der Waals surface area contributed by atoms with Crippen LogP contribution in [-0.2, 0) is 9.59 Å². The molecule has 6 unspecified atom stereocenters. The molecule has 3 heterocycles. The molecule has 3 fully saturated rings. The lowest BCUT2D eigenvalue weighted by molar-refractivity contribution is -0.123. The van der Waals surface area contributed by atoms with Crippen molar-refractivity contribution in [2.45, 2.75) is 29.5 Å². The third kappa shape index (κ3) is 2.61. The number of thiazole rings is 1. The molecule has 2 N–H and O–H groups in total. The first-order valence-electron chi connectivity index (χ1n) is 11.6. The van der Waals surface area contributed by atoms with Gasteiger partial charge in [-0.15, -0.1) is 11.8 Å². The number of nitrogens with one attached hydrogen (secondary N) is 1. The fourth-order valence-corrected chi connectivity index (χ4v) is 9.94. The van der Waals surface area contributed by atoms with Crippen LogP contribution in [-0.4, -0.2) is 27.2 Å². The summed E-state index contributed by atoms with van der Waals surface area (Å²) in [6.07, 6.45) is 0.833. The van der Waals surface area contributed by atoms with Gasteiger partial charge in [0, 0.05) is 21.6 Å². The molecular formula is C26H22N2O4S2. The number of carbonyl (C=O) groups is 2. The van der Waals surface area contributed by atoms with Gasteiger partial charge in [-0.2, -0.15) is 0 Å². The van der Waals surface area contributed by atoms with Crippen molar-refractivity contribution in [3.63, 3.8) is 0 Å². The van der Waals surface area contributed by atoms with Gasteiger partial charge in [-0.05, 0) is 49.3 Å². The molecule has 0 spiro atoms. The van der Waals surface area contributed by atoms with E-state index in [1.807, 2.05) is 43.3 Å². The van der Waals surface area contributed by atoms with E-state index < -0.39 is 0 Å². The Labute approximate surface area is 204 Å². The number of hydrogen-bond donors (Lipinski definition) is 2. The number of carbonyl (C=O) groups excluding carboxylic acids is 2. The predicted molar refractivity (Wildman–Crippen MR) is 130 cm³/mol. The number of anilines is 1. The topological polar surface area (TPSA) is 90.5 Å². The Morgan fingerprint density at radius 1 is 0.971 bits per heavy atom. The number of aromatic nitrogens is 1. The molecule has 172 valence electrons. The molecular weight excluding hydrogens is 468 g/mol. The maximum Gasteiger partial charge on any atom is 0.305 e. The molecule has 2 saturated carbocycles. The number of H-pyrrole nitrogens is 1. The fourth-order valence-electron chi connectivity index (χ4n) is 7.06. The quantitative estimate of drug-likeness (QED) is 0.527. The normalized spacial score (nSPS) is 33.2. The molecule has 4 aliphatic rings. The highest BCUT2D eigenvalue weighted by atomic mass is 32.2. The summed E-state index contributed by atoms with van der Waals surface area (Å²) in [4.78, 5) is 44.8. The molecule has 1 saturated heterocycles. The molecule has 2 aliphatic carbocycles. The molecule has 1 aromatic heterocycles. The molecule has 34 heavy (non-hydrogen) atoms. The van der Waals surface area contributed by atoms with Crippen LogP contribution in [0.25, 0.3) is 0 Å². The number of para-hydroxylation sites is 1. The molecule has 2 bridgehead atoms. The van der Waals surface area contributed by atoms with Crippen LogP contribution < -0.4 is 9.77 Å². The van der Waals surface area contributed by atoms with Crippen LogP contribution >= 0.6 is 23.1 Å². The summed E-state index contributed by atoms with van der Waals surface area (Å²) in [6.45, 7) is 1.98. The van der Waals surface area contributed by atoms with Crippen molar-refractivity contribution >= 4 is 40.6 Å². The molecule has 7 rings (SSSR count). The lowest BCUT2D eigenvalue weighted by Gasteiger charge is -2.43. The standard InChI is InChI=1S/C26H22N2O4S2/c1-11-6-8-12(9-7-11)28-24(30)19-14-10-15(20(19)25(28)31)21-18(14)17(13-4-2-3-5-16(13)29)22-23(33-21)27-26(32)34-22/h2-9,14-15,17-21,29H,10H2,1H3,(H,27,32)/t14?,15?,17-,18?,19?,20?,21?/m1/s1. The van der Waals surface area contributed by atoms with E-state index in [4.69, 9.17) is 0 Å². The average Bonchev–Trinajstić information content (AvgIpc) is 3.54. The second-order valence-corrected chi connectivity index (χ2v) is 12.1. The molecule has 7 atom stereocenters. The predicted octanol–water partition coefficient (Wildman–Crippen LogP) is 4.13. The Hall–Kier alpha value is -2.84. The van der Waals surface area contributed by atoms with Crippen LogP contribution in [0.2, 0.25) is 0 Å². The molecule has 8 heteroatoms. The van der Waals surface area contributed by atoms with Gasteiger partial charge in [0.15, 0.2) is 0 Å². The molecule has 0 radical (unpaired) electrons. The number of fused-ring (bicyclic) bond motifs is 9. The van der Waals surface area contributed by atoms with E-state index in [0.29, 0.717) is 5.69 Å². The Morgan fingerprint density at radius 3 is 2.41 bits per heavy atom. The Kier molecular flexibility index (Phi) is 4.28. The highest BCUT2D eigenvalue weighted by Crippen LogP contribution is 2.69. The summed E-state index contributed by atoms with van der Waals surface area (Å²) >= 11 is 2.86. The zero-order valence-electron chi connectivity index (χ0n) is 18.3. The zero-order chi connectivity index (χ0) is 23.3. The number of nitrogens with zero attached hydrogens (tertiary/aromatic N) is 1. The smallest absolute Gasteiger partial charge is 0.305 e. The van der Waals surface area contributed by atoms with Gasteiger partial charge in [0.2, 0.25) is 11.8 Å². The highest BCUT2D eigenvalue weighted by Gasteiger charge is 2.69. The number of rotatable bonds is 2. The van der Waals surface area contributed by atoms with Crippen molar-refractivity contribution in [3.8, 4) is 5.75 Å². The van der Waals surface area contributed by atoms with Crippen molar-refractivity contribution < 1.29 is 14.7 Å². The summed E-state index contributed by atoms with van der Waals surface area (Å²) in [6, 6.07) is 14.9. The first-order chi connectivity index (χ1) is 16.4. The summed E-state index contributed by atoms with van der Waals surface area (Å²) in [5.74, 6) is -0.615. The summed E-state index contributed by atoms with van der Waals surface area (Å²) < 4.78 is 0. The third-order valence-electron chi connectivity index (χ3n) is 8.29. The largest absolute Gasteiger partial charge is 0.508 e. The lowest BCUT2D eigenvalue weighted by Crippen LogP contribution is -2.42. The van der Waals surface area contributed by atoms with Crippen LogP contribution in [0.1, 0.15) is 28.3 Å². The average molecular weight is 491 g/mol. The van der Waals surface area contributed by atoms with Gasteiger partial charge < -0.3 is 10.1 Å². The first-order valence-corrected chi connectivity index (χ1v) is 13.3. The number of amides is 2. The number of thioether (sulfide) groups is 1. The van der Waals surface area contributed by atoms with Crippen molar-refractivity contribution in [2.75, 3.05) is 4.90 Å². The van der Waals surface area contributed by atoms with E-state index in [2.05, 4.69) is 4.98 Å². The second kappa shape index (κ2) is 7.09. The SMILES string of the molecule is Cc1ccc(N2C(=O)C3C4CC(C3C2=O)C2C4Sc3[nH]c(=O)sc3[C@@H]2c2ccccc2O)cc1. The fraction of sp³-hybridized carbons (Fsp3) is 0.346. The van der Waals surface area contributed by atoms with Gasteiger partial charge in [-0.25, -0.2) is 0 Å². The molecule has 2 aliphatic heterocycles. The highest BCUT2D eigenvalue weighted by molar-refractivity contribution is 8.00. The summed E-state index contributed by atoms with van der Waals surface area (Å²) in [5.41, 5.74) is 2.52. The molecule has 2 amide bonds. The van der Waals surface area contributed by atoms with E-state index in [1.165, 1.54) is 16.2 Å². The number of aromatic amines is 1. The third-order valence-corrected chi connectivity index (χ3v) is 10.9. The maximum atomic E-state index is 13.7. The van der Waals surface area contributed by atoms with E-state index in [9.17, 15) is 19.5 Å². The Bertz CT molecular complexity index is 1410. The Morgan fingerprint density at radius 2 is 1.68 bits per heavy atom. The number of benzene rings is 2. The summed E-state index contributed by atoms with van der Waals surface area (Å²) in [7, 11) is 0. The minimum atomic E-state index is -0.341. The van der Waals surface area contributed by atoms with Crippen molar-refractivity contribution in [1.82, 2.24) is 4.98 Å². The van der Waals surface area contributed by atoms with Crippen LogP contribution in [0, 0.1) is 36.5 Å². The number of imide groups is 1. The summed E-state index contributed by atoms with van der Waals surface area (Å²) in [5, 5.41) is 11.7. The number of phenols is 1. The minimum Gasteiger partial charge on any atom is -0.508 e. The van der Waals surface area contributed by atoms with E-state index in [0.717, 1.165) is 27.5 Å². The molecule has 3 aromatic rings. The van der Waals surface area contributed by atoms with Gasteiger partial charge in [0.25, 0.3) is 0 Å².